The Morgan fingerprint density at radius 1 is 0.895 bits per heavy atom. The maximum atomic E-state index is 12.3. The summed E-state index contributed by atoms with van der Waals surface area (Å²) in [5.74, 6) is -0.120. The van der Waals surface area contributed by atoms with Gasteiger partial charge in [-0.05, 0) is 18.2 Å². The van der Waals surface area contributed by atoms with Gasteiger partial charge >= 0.3 is 6.61 Å². The summed E-state index contributed by atoms with van der Waals surface area (Å²) >= 11 is 18.2. The lowest BCUT2D eigenvalue weighted by Gasteiger charge is -2.12. The fraction of sp³-hybridized carbons (Fsp3) is 0.0769. The van der Waals surface area contributed by atoms with Crippen LogP contribution in [-0.2, 0) is 0 Å². The highest BCUT2D eigenvalue weighted by molar-refractivity contribution is 6.41. The molecule has 19 heavy (non-hydrogen) atoms. The highest BCUT2D eigenvalue weighted by Gasteiger charge is 2.16. The van der Waals surface area contributed by atoms with E-state index in [2.05, 4.69) is 4.74 Å². The zero-order valence-corrected chi connectivity index (χ0v) is 11.6. The van der Waals surface area contributed by atoms with Crippen LogP contribution in [0.25, 0.3) is 11.1 Å². The lowest BCUT2D eigenvalue weighted by Crippen LogP contribution is -2.02. The predicted molar refractivity (Wildman–Crippen MR) is 73.5 cm³/mol. The number of alkyl halides is 2. The first kappa shape index (κ1) is 14.4. The van der Waals surface area contributed by atoms with Gasteiger partial charge in [-0.3, -0.25) is 0 Å². The van der Waals surface area contributed by atoms with E-state index in [1.807, 2.05) is 0 Å². The van der Waals surface area contributed by atoms with Gasteiger partial charge in [-0.25, -0.2) is 0 Å². The lowest BCUT2D eigenvalue weighted by atomic mass is 10.1. The minimum atomic E-state index is -2.95. The van der Waals surface area contributed by atoms with Crippen molar-refractivity contribution in [3.05, 3.63) is 51.5 Å². The van der Waals surface area contributed by atoms with Gasteiger partial charge in [0.1, 0.15) is 5.75 Å². The lowest BCUT2D eigenvalue weighted by molar-refractivity contribution is -0.0497. The van der Waals surface area contributed by atoms with Gasteiger partial charge in [-0.2, -0.15) is 8.78 Å². The minimum Gasteiger partial charge on any atom is -0.433 e. The van der Waals surface area contributed by atoms with Crippen molar-refractivity contribution < 1.29 is 13.5 Å². The second kappa shape index (κ2) is 5.95. The number of hydrogen-bond donors (Lipinski definition) is 0. The molecule has 0 N–H and O–H groups in total. The van der Waals surface area contributed by atoms with E-state index in [4.69, 9.17) is 34.8 Å². The summed E-state index contributed by atoms with van der Waals surface area (Å²) in [5.41, 5.74) is 0.922. The van der Waals surface area contributed by atoms with Crippen molar-refractivity contribution in [3.8, 4) is 16.9 Å². The minimum absolute atomic E-state index is 0.0396. The van der Waals surface area contributed by atoms with Gasteiger partial charge in [-0.15, -0.1) is 0 Å². The smallest absolute Gasteiger partial charge is 0.387 e. The molecular weight excluding hydrogens is 316 g/mol. The molecule has 2 rings (SSSR count). The molecule has 0 aliphatic rings. The van der Waals surface area contributed by atoms with E-state index in [0.717, 1.165) is 0 Å². The molecule has 0 radical (unpaired) electrons. The molecule has 100 valence electrons. The van der Waals surface area contributed by atoms with Gasteiger partial charge in [0.25, 0.3) is 0 Å². The Balaban J connectivity index is 2.57. The Morgan fingerprint density at radius 3 is 2.05 bits per heavy atom. The van der Waals surface area contributed by atoms with Crippen LogP contribution in [0.15, 0.2) is 36.4 Å². The average molecular weight is 324 g/mol. The standard InChI is InChI=1S/C13H7Cl3F2O/c14-8-4-2-5-9(15)11(8)7-3-1-6-10(12(7)16)19-13(17)18/h1-6,13H. The Hall–Kier alpha value is -1.03. The van der Waals surface area contributed by atoms with E-state index in [-0.39, 0.29) is 10.8 Å². The van der Waals surface area contributed by atoms with Gasteiger partial charge in [0, 0.05) is 21.2 Å². The summed E-state index contributed by atoms with van der Waals surface area (Å²) in [6, 6.07) is 9.48. The predicted octanol–water partition coefficient (Wildman–Crippen LogP) is 5.92. The number of ether oxygens (including phenoxy) is 1. The van der Waals surface area contributed by atoms with Crippen LogP contribution in [0.5, 0.6) is 5.75 Å². The Labute approximate surface area is 123 Å². The molecule has 0 aliphatic heterocycles. The quantitative estimate of drug-likeness (QED) is 0.681. The first-order valence-corrected chi connectivity index (χ1v) is 6.32. The molecule has 2 aromatic carbocycles. The molecule has 0 unspecified atom stereocenters. The summed E-state index contributed by atoms with van der Waals surface area (Å²) in [6.45, 7) is -2.95. The molecule has 1 nitrogen and oxygen atoms in total. The van der Waals surface area contributed by atoms with Crippen molar-refractivity contribution in [2.45, 2.75) is 6.61 Å². The molecule has 0 fully saturated rings. The molecule has 0 spiro atoms. The van der Waals surface area contributed by atoms with Crippen LogP contribution in [-0.4, -0.2) is 6.61 Å². The molecule has 0 aliphatic carbocycles. The third kappa shape index (κ3) is 3.11. The average Bonchev–Trinajstić information content (AvgIpc) is 2.33. The summed E-state index contributed by atoms with van der Waals surface area (Å²) in [6.07, 6.45) is 0. The van der Waals surface area contributed by atoms with Gasteiger partial charge in [-0.1, -0.05) is 53.0 Å². The number of benzene rings is 2. The second-order valence-electron chi connectivity index (χ2n) is 3.59. The van der Waals surface area contributed by atoms with E-state index in [9.17, 15) is 8.78 Å². The summed E-state index contributed by atoms with van der Waals surface area (Å²) in [7, 11) is 0. The van der Waals surface area contributed by atoms with Crippen molar-refractivity contribution in [1.82, 2.24) is 0 Å². The van der Waals surface area contributed by atoms with Crippen molar-refractivity contribution in [2.75, 3.05) is 0 Å². The third-order valence-corrected chi connectivity index (χ3v) is 3.43. The van der Waals surface area contributed by atoms with Crippen LogP contribution < -0.4 is 4.74 Å². The Bertz CT molecular complexity index is 582. The van der Waals surface area contributed by atoms with E-state index in [1.54, 1.807) is 30.3 Å². The van der Waals surface area contributed by atoms with Crippen LogP contribution in [0.1, 0.15) is 0 Å². The highest BCUT2D eigenvalue weighted by atomic mass is 35.5. The van der Waals surface area contributed by atoms with Gasteiger partial charge in [0.15, 0.2) is 0 Å². The maximum absolute atomic E-state index is 12.3. The van der Waals surface area contributed by atoms with Crippen molar-refractivity contribution in [2.24, 2.45) is 0 Å². The first-order chi connectivity index (χ1) is 9.00. The molecule has 0 heterocycles. The molecular formula is C13H7Cl3F2O. The summed E-state index contributed by atoms with van der Waals surface area (Å²) in [5, 5.41) is 0.796. The molecule has 0 atom stereocenters. The van der Waals surface area contributed by atoms with Crippen LogP contribution in [0.2, 0.25) is 15.1 Å². The maximum Gasteiger partial charge on any atom is 0.387 e. The largest absolute Gasteiger partial charge is 0.433 e. The highest BCUT2D eigenvalue weighted by Crippen LogP contribution is 2.42. The molecule has 6 heteroatoms. The van der Waals surface area contributed by atoms with E-state index in [1.165, 1.54) is 6.07 Å². The SMILES string of the molecule is FC(F)Oc1cccc(-c2c(Cl)cccc2Cl)c1Cl. The number of rotatable bonds is 3. The first-order valence-electron chi connectivity index (χ1n) is 5.18. The summed E-state index contributed by atoms with van der Waals surface area (Å²) in [4.78, 5) is 0. The van der Waals surface area contributed by atoms with Crippen molar-refractivity contribution >= 4 is 34.8 Å². The van der Waals surface area contributed by atoms with E-state index >= 15 is 0 Å². The number of hydrogen-bond acceptors (Lipinski definition) is 1. The van der Waals surface area contributed by atoms with E-state index in [0.29, 0.717) is 21.2 Å². The molecule has 0 amide bonds. The molecule has 0 aromatic heterocycles. The zero-order chi connectivity index (χ0) is 14.0. The third-order valence-electron chi connectivity index (χ3n) is 2.41. The topological polar surface area (TPSA) is 9.23 Å². The van der Waals surface area contributed by atoms with Gasteiger partial charge in [0.05, 0.1) is 5.02 Å². The summed E-state index contributed by atoms with van der Waals surface area (Å²) < 4.78 is 28.9. The fourth-order valence-corrected chi connectivity index (χ4v) is 2.51. The van der Waals surface area contributed by atoms with Crippen molar-refractivity contribution in [1.29, 1.82) is 0 Å². The van der Waals surface area contributed by atoms with Gasteiger partial charge < -0.3 is 4.74 Å². The van der Waals surface area contributed by atoms with Crippen LogP contribution in [0.4, 0.5) is 8.78 Å². The molecule has 0 bridgehead atoms. The number of halogens is 5. The fourth-order valence-electron chi connectivity index (χ4n) is 1.65. The van der Waals surface area contributed by atoms with Crippen LogP contribution >= 0.6 is 34.8 Å². The Morgan fingerprint density at radius 2 is 1.47 bits per heavy atom. The molecule has 0 saturated heterocycles. The van der Waals surface area contributed by atoms with Gasteiger partial charge in [0.2, 0.25) is 0 Å². The molecule has 0 saturated carbocycles. The normalized spacial score (nSPS) is 10.8. The van der Waals surface area contributed by atoms with E-state index < -0.39 is 6.61 Å². The molecule has 2 aromatic rings. The second-order valence-corrected chi connectivity index (χ2v) is 4.79. The van der Waals surface area contributed by atoms with Crippen molar-refractivity contribution in [3.63, 3.8) is 0 Å². The van der Waals surface area contributed by atoms with Crippen LogP contribution in [0.3, 0.4) is 0 Å². The Kier molecular flexibility index (Phi) is 4.50. The van der Waals surface area contributed by atoms with Crippen LogP contribution in [0, 0.1) is 0 Å². The zero-order valence-electron chi connectivity index (χ0n) is 9.34. The monoisotopic (exact) mass is 322 g/mol.